The van der Waals surface area contributed by atoms with Gasteiger partial charge in [0.05, 0.1) is 14.2 Å². The van der Waals surface area contributed by atoms with Crippen molar-refractivity contribution in [1.82, 2.24) is 15.5 Å². The van der Waals surface area contributed by atoms with Crippen molar-refractivity contribution in [3.63, 3.8) is 0 Å². The van der Waals surface area contributed by atoms with Gasteiger partial charge < -0.3 is 24.2 Å². The lowest BCUT2D eigenvalue weighted by atomic mass is 9.96. The topological polar surface area (TPSA) is 89.7 Å². The number of rotatable bonds is 9. The van der Waals surface area contributed by atoms with E-state index in [0.29, 0.717) is 48.9 Å². The quantitative estimate of drug-likeness (QED) is 0.486. The molecule has 1 aliphatic rings. The molecule has 1 aliphatic heterocycles. The summed E-state index contributed by atoms with van der Waals surface area (Å²) >= 11 is 0. The van der Waals surface area contributed by atoms with Crippen LogP contribution in [0, 0.1) is 5.92 Å². The van der Waals surface area contributed by atoms with Gasteiger partial charge in [-0.1, -0.05) is 49.3 Å². The Morgan fingerprint density at radius 3 is 2.46 bits per heavy atom. The molecule has 1 aromatic heterocycles. The summed E-state index contributed by atoms with van der Waals surface area (Å²) in [6, 6.07) is 14.6. The molecule has 2 aromatic carbocycles. The maximum Gasteiger partial charge on any atom is 0.324 e. The molecule has 1 amide bonds. The summed E-state index contributed by atoms with van der Waals surface area (Å²) in [5.74, 6) is 2.55. The maximum atomic E-state index is 12.7. The number of carbonyl (C=O) groups is 1. The molecule has 0 spiro atoms. The maximum absolute atomic E-state index is 12.7. The summed E-state index contributed by atoms with van der Waals surface area (Å²) in [4.78, 5) is 19.3. The molecule has 4 rings (SSSR count). The van der Waals surface area contributed by atoms with Gasteiger partial charge in [0.2, 0.25) is 11.7 Å². The number of piperidine rings is 1. The van der Waals surface area contributed by atoms with Crippen molar-refractivity contribution in [2.75, 3.05) is 38.8 Å². The molecule has 2 heterocycles. The van der Waals surface area contributed by atoms with Gasteiger partial charge in [-0.25, -0.2) is 0 Å². The van der Waals surface area contributed by atoms with Crippen LogP contribution in [0.15, 0.2) is 47.0 Å². The van der Waals surface area contributed by atoms with Gasteiger partial charge in [0.15, 0.2) is 11.5 Å². The standard InChI is InChI=1S/C27H34N4O4/c1-18(2)20-6-8-21(9-7-20)25-29-27(35-30-25)31-15-12-22(13-16-31)26(32)28-14-11-19-5-10-23(33-3)24(17-19)34-4/h5-10,17-18,22H,11-16H2,1-4H3,(H,28,32). The lowest BCUT2D eigenvalue weighted by molar-refractivity contribution is -0.125. The number of nitrogens with one attached hydrogen (secondary N) is 1. The average molecular weight is 479 g/mol. The van der Waals surface area contributed by atoms with Crippen molar-refractivity contribution in [2.45, 2.75) is 39.0 Å². The van der Waals surface area contributed by atoms with E-state index in [4.69, 9.17) is 14.0 Å². The van der Waals surface area contributed by atoms with Gasteiger partial charge in [0.1, 0.15) is 0 Å². The van der Waals surface area contributed by atoms with Gasteiger partial charge >= 0.3 is 6.01 Å². The zero-order chi connectivity index (χ0) is 24.8. The van der Waals surface area contributed by atoms with E-state index in [2.05, 4.69) is 46.3 Å². The summed E-state index contributed by atoms with van der Waals surface area (Å²) in [5.41, 5.74) is 3.30. The highest BCUT2D eigenvalue weighted by molar-refractivity contribution is 5.79. The first-order valence-corrected chi connectivity index (χ1v) is 12.2. The number of carbonyl (C=O) groups excluding carboxylic acids is 1. The normalized spacial score (nSPS) is 14.3. The third kappa shape index (κ3) is 5.93. The van der Waals surface area contributed by atoms with Crippen molar-refractivity contribution in [1.29, 1.82) is 0 Å². The Labute approximate surface area is 206 Å². The molecule has 0 aliphatic carbocycles. The number of hydrogen-bond acceptors (Lipinski definition) is 7. The highest BCUT2D eigenvalue weighted by Crippen LogP contribution is 2.28. The number of amides is 1. The first kappa shape index (κ1) is 24.6. The molecular weight excluding hydrogens is 444 g/mol. The van der Waals surface area contributed by atoms with Crippen LogP contribution < -0.4 is 19.7 Å². The first-order valence-electron chi connectivity index (χ1n) is 12.2. The molecular formula is C27H34N4O4. The predicted octanol–water partition coefficient (Wildman–Crippen LogP) is 4.45. The molecule has 0 saturated carbocycles. The molecule has 8 nitrogen and oxygen atoms in total. The molecule has 0 atom stereocenters. The van der Waals surface area contributed by atoms with Gasteiger partial charge in [-0.2, -0.15) is 4.98 Å². The number of aromatic nitrogens is 2. The van der Waals surface area contributed by atoms with E-state index in [1.165, 1.54) is 5.56 Å². The van der Waals surface area contributed by atoms with Gasteiger partial charge in [-0.15, -0.1) is 0 Å². The third-order valence-electron chi connectivity index (χ3n) is 6.55. The van der Waals surface area contributed by atoms with Crippen LogP contribution in [0.25, 0.3) is 11.4 Å². The van der Waals surface area contributed by atoms with E-state index >= 15 is 0 Å². The molecule has 1 fully saturated rings. The summed E-state index contributed by atoms with van der Waals surface area (Å²) in [5, 5.41) is 7.24. The molecule has 8 heteroatoms. The second kappa shape index (κ2) is 11.3. The number of hydrogen-bond donors (Lipinski definition) is 1. The zero-order valence-corrected chi connectivity index (χ0v) is 20.9. The van der Waals surface area contributed by atoms with Crippen LogP contribution in [0.5, 0.6) is 11.5 Å². The first-order chi connectivity index (χ1) is 17.0. The lowest BCUT2D eigenvalue weighted by Gasteiger charge is -2.29. The number of methoxy groups -OCH3 is 2. The minimum atomic E-state index is -0.0115. The Bertz CT molecular complexity index is 1120. The fourth-order valence-corrected chi connectivity index (χ4v) is 4.32. The minimum Gasteiger partial charge on any atom is -0.493 e. The van der Waals surface area contributed by atoms with Crippen molar-refractivity contribution >= 4 is 11.9 Å². The molecule has 35 heavy (non-hydrogen) atoms. The molecule has 0 radical (unpaired) electrons. The SMILES string of the molecule is COc1ccc(CCNC(=O)C2CCN(c3nc(-c4ccc(C(C)C)cc4)no3)CC2)cc1OC. The fourth-order valence-electron chi connectivity index (χ4n) is 4.32. The molecule has 0 bridgehead atoms. The Balaban J connectivity index is 1.25. The zero-order valence-electron chi connectivity index (χ0n) is 20.9. The Morgan fingerprint density at radius 2 is 1.80 bits per heavy atom. The molecule has 0 unspecified atom stereocenters. The summed E-state index contributed by atoms with van der Waals surface area (Å²) in [6.45, 7) is 6.34. The third-order valence-corrected chi connectivity index (χ3v) is 6.55. The largest absolute Gasteiger partial charge is 0.493 e. The summed E-state index contributed by atoms with van der Waals surface area (Å²) < 4.78 is 16.2. The molecule has 1 saturated heterocycles. The summed E-state index contributed by atoms with van der Waals surface area (Å²) in [6.07, 6.45) is 2.24. The fraction of sp³-hybridized carbons (Fsp3) is 0.444. The molecule has 1 N–H and O–H groups in total. The number of nitrogens with zero attached hydrogens (tertiary/aromatic N) is 3. The Kier molecular flexibility index (Phi) is 7.90. The van der Waals surface area contributed by atoms with E-state index in [-0.39, 0.29) is 11.8 Å². The van der Waals surface area contributed by atoms with E-state index in [9.17, 15) is 4.79 Å². The minimum absolute atomic E-state index is 0.0115. The van der Waals surface area contributed by atoms with Crippen LogP contribution in [0.2, 0.25) is 0 Å². The van der Waals surface area contributed by atoms with Gasteiger partial charge in [-0.05, 0) is 48.4 Å². The number of anilines is 1. The smallest absolute Gasteiger partial charge is 0.324 e. The van der Waals surface area contributed by atoms with E-state index in [0.717, 1.165) is 30.4 Å². The monoisotopic (exact) mass is 478 g/mol. The van der Waals surface area contributed by atoms with E-state index in [1.54, 1.807) is 14.2 Å². The second-order valence-electron chi connectivity index (χ2n) is 9.17. The van der Waals surface area contributed by atoms with Crippen LogP contribution in [0.4, 0.5) is 6.01 Å². The summed E-state index contributed by atoms with van der Waals surface area (Å²) in [7, 11) is 3.24. The molecule has 3 aromatic rings. The van der Waals surface area contributed by atoms with Crippen molar-refractivity contribution in [3.8, 4) is 22.9 Å². The van der Waals surface area contributed by atoms with Crippen LogP contribution in [0.3, 0.4) is 0 Å². The highest BCUT2D eigenvalue weighted by Gasteiger charge is 2.27. The van der Waals surface area contributed by atoms with Gasteiger partial charge in [-0.3, -0.25) is 4.79 Å². The average Bonchev–Trinajstić information content (AvgIpc) is 3.39. The highest BCUT2D eigenvalue weighted by atomic mass is 16.5. The Morgan fingerprint density at radius 1 is 1.09 bits per heavy atom. The van der Waals surface area contributed by atoms with Crippen molar-refractivity contribution in [3.05, 3.63) is 53.6 Å². The van der Waals surface area contributed by atoms with Crippen LogP contribution in [-0.4, -0.2) is 49.9 Å². The van der Waals surface area contributed by atoms with Gasteiger partial charge in [0.25, 0.3) is 0 Å². The Hall–Kier alpha value is -3.55. The van der Waals surface area contributed by atoms with Crippen molar-refractivity contribution in [2.24, 2.45) is 5.92 Å². The predicted molar refractivity (Wildman–Crippen MR) is 135 cm³/mol. The number of ether oxygens (including phenoxy) is 2. The van der Waals surface area contributed by atoms with Gasteiger partial charge in [0, 0.05) is 31.1 Å². The lowest BCUT2D eigenvalue weighted by Crippen LogP contribution is -2.41. The van der Waals surface area contributed by atoms with Crippen molar-refractivity contribution < 1.29 is 18.8 Å². The van der Waals surface area contributed by atoms with Crippen LogP contribution >= 0.6 is 0 Å². The van der Waals surface area contributed by atoms with Crippen LogP contribution in [0.1, 0.15) is 43.7 Å². The van der Waals surface area contributed by atoms with Crippen LogP contribution in [-0.2, 0) is 11.2 Å². The van der Waals surface area contributed by atoms with E-state index in [1.807, 2.05) is 30.3 Å². The number of benzene rings is 2. The van der Waals surface area contributed by atoms with E-state index < -0.39 is 0 Å². The second-order valence-corrected chi connectivity index (χ2v) is 9.17. The molecule has 186 valence electrons.